The van der Waals surface area contributed by atoms with Crippen LogP contribution >= 0.6 is 0 Å². The van der Waals surface area contributed by atoms with Gasteiger partial charge in [-0.1, -0.05) is 0 Å². The van der Waals surface area contributed by atoms with Crippen LogP contribution in [-0.4, -0.2) is 19.2 Å². The Morgan fingerprint density at radius 2 is 2.17 bits per heavy atom. The van der Waals surface area contributed by atoms with Gasteiger partial charge in [0.2, 0.25) is 0 Å². The van der Waals surface area contributed by atoms with Gasteiger partial charge in [-0.25, -0.2) is 5.11 Å². The number of nitrogens with two attached hydrogens (primary N) is 2. The van der Waals surface area contributed by atoms with E-state index in [0.29, 0.717) is 6.54 Å². The second kappa shape index (κ2) is 3.08. The summed E-state index contributed by atoms with van der Waals surface area (Å²) in [5.74, 6) is 0. The predicted octanol–water partition coefficient (Wildman–Crippen LogP) is -1.30. The Morgan fingerprint density at radius 3 is 2.17 bits per heavy atom. The van der Waals surface area contributed by atoms with Gasteiger partial charge in [-0.15, -0.1) is 0 Å². The maximum atomic E-state index is 9.66. The molecule has 4 N–H and O–H groups in total. The molecule has 1 unspecified atom stereocenters. The van der Waals surface area contributed by atoms with Crippen LogP contribution in [-0.2, 0) is 5.11 Å². The van der Waals surface area contributed by atoms with E-state index in [0.717, 1.165) is 0 Å². The lowest BCUT2D eigenvalue weighted by molar-refractivity contribution is 0.175. The fourth-order valence-corrected chi connectivity index (χ4v) is 0.0680. The van der Waals surface area contributed by atoms with Gasteiger partial charge in [0.15, 0.2) is 0 Å². The molecule has 0 aromatic heterocycles. The van der Waals surface area contributed by atoms with E-state index in [9.17, 15) is 5.11 Å². The molecule has 0 saturated heterocycles. The molecule has 1 radical (unpaired) electrons. The van der Waals surface area contributed by atoms with Crippen molar-refractivity contribution in [3.63, 3.8) is 0 Å². The zero-order valence-corrected chi connectivity index (χ0v) is 3.55. The smallest absolute Gasteiger partial charge is 0.0985 e. The molecule has 0 aliphatic rings. The van der Waals surface area contributed by atoms with Crippen LogP contribution in [0.2, 0.25) is 0 Å². The van der Waals surface area contributed by atoms with Crippen molar-refractivity contribution in [3.05, 3.63) is 0 Å². The Bertz CT molecular complexity index is 28.0. The Labute approximate surface area is 36.9 Å². The van der Waals surface area contributed by atoms with Crippen LogP contribution < -0.4 is 11.5 Å². The molecule has 0 aliphatic heterocycles. The van der Waals surface area contributed by atoms with Crippen LogP contribution in [0.5, 0.6) is 0 Å². The summed E-state index contributed by atoms with van der Waals surface area (Å²) in [5.41, 5.74) is 9.99. The second-order valence-electron chi connectivity index (χ2n) is 1.16. The summed E-state index contributed by atoms with van der Waals surface area (Å²) < 4.78 is 0. The molecular formula is C3H9N2O. The second-order valence-corrected chi connectivity index (χ2v) is 1.16. The van der Waals surface area contributed by atoms with Crippen molar-refractivity contribution < 1.29 is 5.11 Å². The highest BCUT2D eigenvalue weighted by atomic mass is 16.3. The minimum Gasteiger partial charge on any atom is -0.329 e. The Morgan fingerprint density at radius 1 is 1.67 bits per heavy atom. The van der Waals surface area contributed by atoms with E-state index in [1.165, 1.54) is 0 Å². The average Bonchev–Trinajstić information content (AvgIpc) is 1.65. The molecule has 0 bridgehead atoms. The first-order chi connectivity index (χ1) is 2.81. The van der Waals surface area contributed by atoms with Gasteiger partial charge < -0.3 is 11.5 Å². The fourth-order valence-electron chi connectivity index (χ4n) is 0.0680. The zero-order valence-electron chi connectivity index (χ0n) is 3.55. The number of rotatable bonds is 2. The monoisotopic (exact) mass is 89.1 g/mol. The molecule has 0 aliphatic carbocycles. The molecule has 0 rings (SSSR count). The summed E-state index contributed by atoms with van der Waals surface area (Å²) in [7, 11) is 0. The molecule has 3 nitrogen and oxygen atoms in total. The van der Waals surface area contributed by atoms with Crippen LogP contribution in [0.1, 0.15) is 0 Å². The molecule has 37 valence electrons. The largest absolute Gasteiger partial charge is 0.329 e. The van der Waals surface area contributed by atoms with Crippen LogP contribution in [0.3, 0.4) is 0 Å². The average molecular weight is 89.1 g/mol. The molecule has 3 heteroatoms. The van der Waals surface area contributed by atoms with Crippen molar-refractivity contribution in [2.45, 2.75) is 6.04 Å². The van der Waals surface area contributed by atoms with Gasteiger partial charge in [-0.2, -0.15) is 0 Å². The molecule has 0 fully saturated rings. The van der Waals surface area contributed by atoms with E-state index in [-0.39, 0.29) is 12.6 Å². The van der Waals surface area contributed by atoms with Crippen LogP contribution in [0.4, 0.5) is 0 Å². The first kappa shape index (κ1) is 5.88. The standard InChI is InChI=1S/C3H9N2O/c4-1-3(5)2-6/h3H,1-2,4-5H2. The van der Waals surface area contributed by atoms with Crippen molar-refractivity contribution in [2.24, 2.45) is 11.5 Å². The van der Waals surface area contributed by atoms with Crippen molar-refractivity contribution in [1.82, 2.24) is 0 Å². The van der Waals surface area contributed by atoms with E-state index in [1.54, 1.807) is 0 Å². The number of hydrogen-bond acceptors (Lipinski definition) is 2. The van der Waals surface area contributed by atoms with E-state index in [4.69, 9.17) is 11.5 Å². The van der Waals surface area contributed by atoms with Crippen molar-refractivity contribution in [2.75, 3.05) is 13.2 Å². The molecule has 0 amide bonds. The van der Waals surface area contributed by atoms with E-state index in [2.05, 4.69) is 0 Å². The van der Waals surface area contributed by atoms with Crippen LogP contribution in [0, 0.1) is 0 Å². The molecule has 6 heavy (non-hydrogen) atoms. The first-order valence-electron chi connectivity index (χ1n) is 1.85. The highest BCUT2D eigenvalue weighted by Gasteiger charge is 1.92. The highest BCUT2D eigenvalue weighted by Crippen LogP contribution is 1.64. The first-order valence-corrected chi connectivity index (χ1v) is 1.85. The van der Waals surface area contributed by atoms with Crippen molar-refractivity contribution in [1.29, 1.82) is 0 Å². The maximum Gasteiger partial charge on any atom is 0.0985 e. The normalized spacial score (nSPS) is 14.5. The van der Waals surface area contributed by atoms with Gasteiger partial charge in [0.1, 0.15) is 0 Å². The molecule has 1 atom stereocenters. The summed E-state index contributed by atoms with van der Waals surface area (Å²) in [4.78, 5) is 0. The quantitative estimate of drug-likeness (QED) is 0.441. The Kier molecular flexibility index (Phi) is 3.02. The minimum absolute atomic E-state index is 0.267. The van der Waals surface area contributed by atoms with Gasteiger partial charge in [-0.3, -0.25) is 0 Å². The van der Waals surface area contributed by atoms with Gasteiger partial charge >= 0.3 is 0 Å². The van der Waals surface area contributed by atoms with Crippen LogP contribution in [0.15, 0.2) is 0 Å². The van der Waals surface area contributed by atoms with Gasteiger partial charge in [-0.05, 0) is 0 Å². The summed E-state index contributed by atoms with van der Waals surface area (Å²) in [5, 5.41) is 9.66. The molecular weight excluding hydrogens is 80.0 g/mol. The lowest BCUT2D eigenvalue weighted by Gasteiger charge is -1.97. The van der Waals surface area contributed by atoms with E-state index < -0.39 is 0 Å². The fraction of sp³-hybridized carbons (Fsp3) is 1.00. The zero-order chi connectivity index (χ0) is 4.99. The molecule has 0 aromatic carbocycles. The summed E-state index contributed by atoms with van der Waals surface area (Å²) in [6, 6.07) is -0.343. The van der Waals surface area contributed by atoms with Crippen LogP contribution in [0.25, 0.3) is 0 Å². The molecule has 0 saturated carbocycles. The highest BCUT2D eigenvalue weighted by molar-refractivity contribution is 4.55. The maximum absolute atomic E-state index is 9.66. The number of hydrogen-bond donors (Lipinski definition) is 2. The third-order valence-corrected chi connectivity index (χ3v) is 0.517. The molecule has 0 heterocycles. The molecule has 0 aromatic rings. The van der Waals surface area contributed by atoms with Crippen molar-refractivity contribution in [3.8, 4) is 0 Å². The minimum atomic E-state index is -0.343. The lowest BCUT2D eigenvalue weighted by Crippen LogP contribution is -2.32. The summed E-state index contributed by atoms with van der Waals surface area (Å²) in [6.07, 6.45) is 0. The summed E-state index contributed by atoms with van der Waals surface area (Å²) >= 11 is 0. The third kappa shape index (κ3) is 2.14. The Hall–Kier alpha value is -0.120. The predicted molar refractivity (Wildman–Crippen MR) is 22.6 cm³/mol. The van der Waals surface area contributed by atoms with E-state index >= 15 is 0 Å². The third-order valence-electron chi connectivity index (χ3n) is 0.517. The van der Waals surface area contributed by atoms with Gasteiger partial charge in [0.25, 0.3) is 0 Å². The van der Waals surface area contributed by atoms with Gasteiger partial charge in [0.05, 0.1) is 6.61 Å². The van der Waals surface area contributed by atoms with Gasteiger partial charge in [0, 0.05) is 12.6 Å². The lowest BCUT2D eigenvalue weighted by atomic mass is 10.3. The molecule has 0 spiro atoms. The SMILES string of the molecule is NCC(N)C[O]. The summed E-state index contributed by atoms with van der Waals surface area (Å²) in [6.45, 7) is 0.0278. The van der Waals surface area contributed by atoms with Crippen molar-refractivity contribution >= 4 is 0 Å². The Balaban J connectivity index is 2.75. The topological polar surface area (TPSA) is 71.9 Å². The van der Waals surface area contributed by atoms with E-state index in [1.807, 2.05) is 0 Å².